The number of aliphatic hydroxyl groups is 1. The molecule has 1 rings (SSSR count). The Morgan fingerprint density at radius 1 is 1.25 bits per heavy atom. The van der Waals surface area contributed by atoms with Crippen molar-refractivity contribution >= 4 is 0 Å². The number of hydrogen-bond donors (Lipinski definition) is 1. The fourth-order valence-corrected chi connectivity index (χ4v) is 1.84. The SMILES string of the molecule is CCCN1CCCCC(O)CC1. The van der Waals surface area contributed by atoms with Crippen molar-refractivity contribution in [3.05, 3.63) is 0 Å². The van der Waals surface area contributed by atoms with E-state index >= 15 is 0 Å². The number of hydrogen-bond acceptors (Lipinski definition) is 2. The summed E-state index contributed by atoms with van der Waals surface area (Å²) in [6.45, 7) is 5.75. The van der Waals surface area contributed by atoms with Gasteiger partial charge < -0.3 is 10.0 Å². The molecule has 2 heteroatoms. The van der Waals surface area contributed by atoms with E-state index in [9.17, 15) is 5.11 Å². The lowest BCUT2D eigenvalue weighted by Crippen LogP contribution is -2.31. The summed E-state index contributed by atoms with van der Waals surface area (Å²) in [6, 6.07) is 0. The third-order valence-electron chi connectivity index (χ3n) is 2.58. The van der Waals surface area contributed by atoms with Crippen LogP contribution in [0.15, 0.2) is 0 Å². The van der Waals surface area contributed by atoms with E-state index in [1.165, 1.54) is 32.4 Å². The van der Waals surface area contributed by atoms with Gasteiger partial charge in [0.1, 0.15) is 0 Å². The molecule has 0 spiro atoms. The number of rotatable bonds is 2. The molecule has 0 aromatic rings. The largest absolute Gasteiger partial charge is 0.393 e. The van der Waals surface area contributed by atoms with E-state index in [-0.39, 0.29) is 6.10 Å². The van der Waals surface area contributed by atoms with Gasteiger partial charge in [0.2, 0.25) is 0 Å². The summed E-state index contributed by atoms with van der Waals surface area (Å²) in [6.07, 6.45) is 5.64. The van der Waals surface area contributed by atoms with Crippen molar-refractivity contribution in [3.8, 4) is 0 Å². The van der Waals surface area contributed by atoms with Crippen LogP contribution < -0.4 is 0 Å². The molecular weight excluding hydrogens is 150 g/mol. The Morgan fingerprint density at radius 2 is 2.08 bits per heavy atom. The first-order chi connectivity index (χ1) is 5.83. The van der Waals surface area contributed by atoms with Crippen LogP contribution in [0.2, 0.25) is 0 Å². The molecule has 0 radical (unpaired) electrons. The lowest BCUT2D eigenvalue weighted by Gasteiger charge is -2.25. The second kappa shape index (κ2) is 5.55. The Hall–Kier alpha value is -0.0800. The fourth-order valence-electron chi connectivity index (χ4n) is 1.84. The van der Waals surface area contributed by atoms with E-state index in [0.29, 0.717) is 0 Å². The lowest BCUT2D eigenvalue weighted by atomic mass is 10.1. The minimum Gasteiger partial charge on any atom is -0.393 e. The average molecular weight is 171 g/mol. The molecule has 0 aromatic heterocycles. The zero-order valence-corrected chi connectivity index (χ0v) is 8.13. The summed E-state index contributed by atoms with van der Waals surface area (Å²) in [4.78, 5) is 2.47. The highest BCUT2D eigenvalue weighted by Crippen LogP contribution is 2.11. The van der Waals surface area contributed by atoms with E-state index in [4.69, 9.17) is 0 Å². The van der Waals surface area contributed by atoms with Crippen LogP contribution in [-0.2, 0) is 0 Å². The summed E-state index contributed by atoms with van der Waals surface area (Å²) in [5.41, 5.74) is 0. The first-order valence-electron chi connectivity index (χ1n) is 5.23. The molecule has 1 aliphatic rings. The third-order valence-corrected chi connectivity index (χ3v) is 2.58. The average Bonchev–Trinajstić information content (AvgIpc) is 2.04. The monoisotopic (exact) mass is 171 g/mol. The fraction of sp³-hybridized carbons (Fsp3) is 1.00. The van der Waals surface area contributed by atoms with Crippen molar-refractivity contribution in [1.29, 1.82) is 0 Å². The van der Waals surface area contributed by atoms with Crippen LogP contribution in [0.5, 0.6) is 0 Å². The molecule has 0 aliphatic carbocycles. The predicted octanol–water partition coefficient (Wildman–Crippen LogP) is 1.63. The number of likely N-dealkylation sites (tertiary alicyclic amines) is 1. The van der Waals surface area contributed by atoms with E-state index in [0.717, 1.165) is 19.4 Å². The highest BCUT2D eigenvalue weighted by Gasteiger charge is 2.11. The molecular formula is C10H21NO. The predicted molar refractivity (Wildman–Crippen MR) is 51.2 cm³/mol. The normalized spacial score (nSPS) is 28.0. The van der Waals surface area contributed by atoms with E-state index in [2.05, 4.69) is 11.8 Å². The van der Waals surface area contributed by atoms with Crippen molar-refractivity contribution in [2.75, 3.05) is 19.6 Å². The van der Waals surface area contributed by atoms with Crippen molar-refractivity contribution in [2.45, 2.75) is 45.1 Å². The van der Waals surface area contributed by atoms with Crippen LogP contribution in [0.1, 0.15) is 39.0 Å². The topological polar surface area (TPSA) is 23.5 Å². The zero-order chi connectivity index (χ0) is 8.81. The van der Waals surface area contributed by atoms with Crippen LogP contribution in [0.3, 0.4) is 0 Å². The van der Waals surface area contributed by atoms with Gasteiger partial charge in [-0.15, -0.1) is 0 Å². The molecule has 0 bridgehead atoms. The van der Waals surface area contributed by atoms with Crippen molar-refractivity contribution in [3.63, 3.8) is 0 Å². The van der Waals surface area contributed by atoms with Crippen LogP contribution in [0.25, 0.3) is 0 Å². The van der Waals surface area contributed by atoms with Gasteiger partial charge in [-0.3, -0.25) is 0 Å². The third kappa shape index (κ3) is 3.55. The Morgan fingerprint density at radius 3 is 2.83 bits per heavy atom. The Balaban J connectivity index is 2.24. The second-order valence-corrected chi connectivity index (χ2v) is 3.78. The smallest absolute Gasteiger partial charge is 0.0552 e. The minimum absolute atomic E-state index is 0.0374. The van der Waals surface area contributed by atoms with Gasteiger partial charge in [0.25, 0.3) is 0 Å². The molecule has 1 unspecified atom stereocenters. The Labute approximate surface area is 75.6 Å². The first kappa shape index (κ1) is 10.0. The highest BCUT2D eigenvalue weighted by molar-refractivity contribution is 4.66. The molecule has 72 valence electrons. The van der Waals surface area contributed by atoms with Crippen LogP contribution >= 0.6 is 0 Å². The standard InChI is InChI=1S/C10H21NO/c1-2-7-11-8-4-3-5-10(12)6-9-11/h10,12H,2-9H2,1H3. The van der Waals surface area contributed by atoms with Gasteiger partial charge >= 0.3 is 0 Å². The summed E-state index contributed by atoms with van der Waals surface area (Å²) >= 11 is 0. The molecule has 1 fully saturated rings. The minimum atomic E-state index is -0.0374. The van der Waals surface area contributed by atoms with Gasteiger partial charge in [-0.05, 0) is 45.2 Å². The Bertz CT molecular complexity index is 116. The van der Waals surface area contributed by atoms with Gasteiger partial charge in [-0.25, -0.2) is 0 Å². The first-order valence-corrected chi connectivity index (χ1v) is 5.23. The summed E-state index contributed by atoms with van der Waals surface area (Å²) < 4.78 is 0. The quantitative estimate of drug-likeness (QED) is 0.682. The van der Waals surface area contributed by atoms with Crippen LogP contribution in [0, 0.1) is 0 Å². The molecule has 1 heterocycles. The van der Waals surface area contributed by atoms with Gasteiger partial charge in [-0.2, -0.15) is 0 Å². The molecule has 0 aromatic carbocycles. The highest BCUT2D eigenvalue weighted by atomic mass is 16.3. The lowest BCUT2D eigenvalue weighted by molar-refractivity contribution is 0.114. The van der Waals surface area contributed by atoms with Gasteiger partial charge in [0, 0.05) is 6.54 Å². The number of aliphatic hydroxyl groups excluding tert-OH is 1. The molecule has 12 heavy (non-hydrogen) atoms. The molecule has 1 saturated heterocycles. The van der Waals surface area contributed by atoms with E-state index in [1.54, 1.807) is 0 Å². The van der Waals surface area contributed by atoms with Gasteiger partial charge in [0.05, 0.1) is 6.10 Å². The van der Waals surface area contributed by atoms with Crippen LogP contribution in [0.4, 0.5) is 0 Å². The van der Waals surface area contributed by atoms with Crippen molar-refractivity contribution in [2.24, 2.45) is 0 Å². The Kier molecular flexibility index (Phi) is 4.62. The second-order valence-electron chi connectivity index (χ2n) is 3.78. The molecule has 0 saturated carbocycles. The van der Waals surface area contributed by atoms with Gasteiger partial charge in [-0.1, -0.05) is 6.92 Å². The number of nitrogens with zero attached hydrogens (tertiary/aromatic N) is 1. The van der Waals surface area contributed by atoms with Crippen molar-refractivity contribution < 1.29 is 5.11 Å². The van der Waals surface area contributed by atoms with Gasteiger partial charge in [0.15, 0.2) is 0 Å². The summed E-state index contributed by atoms with van der Waals surface area (Å²) in [5, 5.41) is 9.47. The maximum Gasteiger partial charge on any atom is 0.0552 e. The molecule has 1 aliphatic heterocycles. The zero-order valence-electron chi connectivity index (χ0n) is 8.13. The van der Waals surface area contributed by atoms with E-state index in [1.807, 2.05) is 0 Å². The molecule has 2 nitrogen and oxygen atoms in total. The summed E-state index contributed by atoms with van der Waals surface area (Å²) in [7, 11) is 0. The molecule has 0 amide bonds. The van der Waals surface area contributed by atoms with Crippen LogP contribution in [-0.4, -0.2) is 35.7 Å². The van der Waals surface area contributed by atoms with E-state index < -0.39 is 0 Å². The molecule has 1 N–H and O–H groups in total. The summed E-state index contributed by atoms with van der Waals surface area (Å²) in [5.74, 6) is 0. The molecule has 1 atom stereocenters. The maximum absolute atomic E-state index is 9.47. The maximum atomic E-state index is 9.47. The van der Waals surface area contributed by atoms with Crippen molar-refractivity contribution in [1.82, 2.24) is 4.90 Å².